The number of ether oxygens (including phenoxy) is 1. The van der Waals surface area contributed by atoms with Gasteiger partial charge in [0.25, 0.3) is 0 Å². The van der Waals surface area contributed by atoms with Crippen molar-refractivity contribution < 1.29 is 17.9 Å². The lowest BCUT2D eigenvalue weighted by molar-refractivity contribution is -0.115. The van der Waals surface area contributed by atoms with E-state index in [0.717, 1.165) is 24.8 Å². The molecule has 0 aromatic heterocycles. The summed E-state index contributed by atoms with van der Waals surface area (Å²) in [4.78, 5) is 12.6. The smallest absolute Gasteiger partial charge is 0.243 e. The number of nitrogens with zero attached hydrogens (tertiary/aromatic N) is 1. The quantitative estimate of drug-likeness (QED) is 0.777. The second-order valence-corrected chi connectivity index (χ2v) is 9.41. The first-order chi connectivity index (χ1) is 13.8. The number of rotatable bonds is 6. The molecule has 29 heavy (non-hydrogen) atoms. The Balaban J connectivity index is 1.68. The number of methoxy groups -OCH3 is 1. The normalized spacial score (nSPS) is 20.2. The van der Waals surface area contributed by atoms with E-state index in [0.29, 0.717) is 11.4 Å². The van der Waals surface area contributed by atoms with Crippen LogP contribution in [0.4, 0.5) is 5.69 Å². The molecule has 0 spiro atoms. The highest BCUT2D eigenvalue weighted by Crippen LogP contribution is 2.30. The standard InChI is InChI=1S/C22H28N2O4S/c1-16-6-4-7-17(2)24(16)29(26,27)21-12-10-19(11-13-21)23-22(25)15-18-8-5-9-20(14-18)28-3/h5,8-14,16-17H,4,6-7,15H2,1-3H3,(H,23,25). The molecule has 1 N–H and O–H groups in total. The van der Waals surface area contributed by atoms with Gasteiger partial charge in [0.15, 0.2) is 0 Å². The number of hydrogen-bond acceptors (Lipinski definition) is 4. The number of nitrogens with one attached hydrogen (secondary N) is 1. The van der Waals surface area contributed by atoms with E-state index in [1.165, 1.54) is 0 Å². The third-order valence-electron chi connectivity index (χ3n) is 5.32. The molecule has 3 rings (SSSR count). The topological polar surface area (TPSA) is 75.7 Å². The average Bonchev–Trinajstić information content (AvgIpc) is 2.68. The summed E-state index contributed by atoms with van der Waals surface area (Å²) in [5.41, 5.74) is 1.41. The minimum Gasteiger partial charge on any atom is -0.497 e. The van der Waals surface area contributed by atoms with Crippen molar-refractivity contribution in [3.05, 3.63) is 54.1 Å². The Labute approximate surface area is 172 Å². The van der Waals surface area contributed by atoms with E-state index < -0.39 is 10.0 Å². The lowest BCUT2D eigenvalue weighted by Crippen LogP contribution is -2.47. The monoisotopic (exact) mass is 416 g/mol. The number of hydrogen-bond donors (Lipinski definition) is 1. The number of carbonyl (C=O) groups excluding carboxylic acids is 1. The van der Waals surface area contributed by atoms with Crippen LogP contribution in [0.5, 0.6) is 5.75 Å². The Kier molecular flexibility index (Phi) is 6.59. The summed E-state index contributed by atoms with van der Waals surface area (Å²) in [6.07, 6.45) is 3.01. The summed E-state index contributed by atoms with van der Waals surface area (Å²) in [5, 5.41) is 2.82. The van der Waals surface area contributed by atoms with Crippen LogP contribution in [0, 0.1) is 0 Å². The molecule has 1 heterocycles. The fourth-order valence-corrected chi connectivity index (χ4v) is 5.76. The van der Waals surface area contributed by atoms with Crippen LogP contribution in [0.25, 0.3) is 0 Å². The van der Waals surface area contributed by atoms with E-state index >= 15 is 0 Å². The number of carbonyl (C=O) groups is 1. The van der Waals surface area contributed by atoms with Gasteiger partial charge in [0, 0.05) is 17.8 Å². The summed E-state index contributed by atoms with van der Waals surface area (Å²) in [7, 11) is -1.97. The minimum atomic E-state index is -3.56. The molecule has 2 aromatic rings. The number of benzene rings is 2. The van der Waals surface area contributed by atoms with Gasteiger partial charge in [0.05, 0.1) is 18.4 Å². The third-order valence-corrected chi connectivity index (χ3v) is 7.47. The van der Waals surface area contributed by atoms with Gasteiger partial charge in [-0.1, -0.05) is 18.6 Å². The summed E-state index contributed by atoms with van der Waals surface area (Å²) >= 11 is 0. The highest BCUT2D eigenvalue weighted by molar-refractivity contribution is 7.89. The van der Waals surface area contributed by atoms with Gasteiger partial charge >= 0.3 is 0 Å². The van der Waals surface area contributed by atoms with Gasteiger partial charge in [0.2, 0.25) is 15.9 Å². The Morgan fingerprint density at radius 3 is 2.38 bits per heavy atom. The molecule has 0 saturated carbocycles. The first kappa shape index (κ1) is 21.3. The zero-order valence-electron chi connectivity index (χ0n) is 17.1. The molecule has 0 aliphatic carbocycles. The van der Waals surface area contributed by atoms with Crippen LogP contribution in [-0.4, -0.2) is 37.8 Å². The van der Waals surface area contributed by atoms with Crippen LogP contribution in [0.2, 0.25) is 0 Å². The van der Waals surface area contributed by atoms with Crippen molar-refractivity contribution in [1.29, 1.82) is 0 Å². The highest BCUT2D eigenvalue weighted by atomic mass is 32.2. The predicted molar refractivity (Wildman–Crippen MR) is 114 cm³/mol. The van der Waals surface area contributed by atoms with Crippen LogP contribution in [-0.2, 0) is 21.2 Å². The molecule has 1 aliphatic heterocycles. The van der Waals surface area contributed by atoms with Crippen LogP contribution < -0.4 is 10.1 Å². The Hall–Kier alpha value is -2.38. The second kappa shape index (κ2) is 8.97. The molecule has 2 atom stereocenters. The van der Waals surface area contributed by atoms with Gasteiger partial charge in [-0.3, -0.25) is 4.79 Å². The molecule has 1 aliphatic rings. The summed E-state index contributed by atoms with van der Waals surface area (Å²) < 4.78 is 32.9. The van der Waals surface area contributed by atoms with Gasteiger partial charge in [0.1, 0.15) is 5.75 Å². The number of piperidine rings is 1. The fraction of sp³-hybridized carbons (Fsp3) is 0.409. The van der Waals surface area contributed by atoms with Crippen molar-refractivity contribution in [3.63, 3.8) is 0 Å². The largest absolute Gasteiger partial charge is 0.497 e. The molecule has 1 saturated heterocycles. The molecular weight excluding hydrogens is 388 g/mol. The van der Waals surface area contributed by atoms with Crippen molar-refractivity contribution in [2.24, 2.45) is 0 Å². The molecule has 7 heteroatoms. The minimum absolute atomic E-state index is 0.00834. The molecule has 0 radical (unpaired) electrons. The summed E-state index contributed by atoms with van der Waals surface area (Å²) in [6, 6.07) is 13.7. The van der Waals surface area contributed by atoms with E-state index in [-0.39, 0.29) is 29.3 Å². The van der Waals surface area contributed by atoms with E-state index in [9.17, 15) is 13.2 Å². The van der Waals surface area contributed by atoms with E-state index in [1.807, 2.05) is 38.1 Å². The summed E-state index contributed by atoms with van der Waals surface area (Å²) in [6.45, 7) is 3.92. The maximum atomic E-state index is 13.1. The average molecular weight is 417 g/mol. The molecule has 1 fully saturated rings. The number of amides is 1. The van der Waals surface area contributed by atoms with Gasteiger partial charge in [-0.05, 0) is 68.7 Å². The Morgan fingerprint density at radius 1 is 1.10 bits per heavy atom. The van der Waals surface area contributed by atoms with Crippen LogP contribution >= 0.6 is 0 Å². The Morgan fingerprint density at radius 2 is 1.76 bits per heavy atom. The SMILES string of the molecule is COc1cccc(CC(=O)Nc2ccc(S(=O)(=O)N3C(C)CCCC3C)cc2)c1. The van der Waals surface area contributed by atoms with Crippen molar-refractivity contribution in [3.8, 4) is 5.75 Å². The van der Waals surface area contributed by atoms with Crippen molar-refractivity contribution >= 4 is 21.6 Å². The van der Waals surface area contributed by atoms with Crippen molar-refractivity contribution in [1.82, 2.24) is 4.31 Å². The van der Waals surface area contributed by atoms with Crippen molar-refractivity contribution in [2.75, 3.05) is 12.4 Å². The predicted octanol–water partition coefficient (Wildman–Crippen LogP) is 3.83. The fourth-order valence-electron chi connectivity index (χ4n) is 3.88. The molecule has 1 amide bonds. The number of anilines is 1. The van der Waals surface area contributed by atoms with Gasteiger partial charge < -0.3 is 10.1 Å². The van der Waals surface area contributed by atoms with Gasteiger partial charge in [-0.25, -0.2) is 8.42 Å². The molecule has 156 valence electrons. The van der Waals surface area contributed by atoms with E-state index in [4.69, 9.17) is 4.74 Å². The first-order valence-corrected chi connectivity index (χ1v) is 11.3. The lowest BCUT2D eigenvalue weighted by atomic mass is 10.0. The summed E-state index contributed by atoms with van der Waals surface area (Å²) in [5.74, 6) is 0.526. The van der Waals surface area contributed by atoms with Gasteiger partial charge in [-0.15, -0.1) is 0 Å². The number of sulfonamides is 1. The van der Waals surface area contributed by atoms with Crippen LogP contribution in [0.15, 0.2) is 53.4 Å². The van der Waals surface area contributed by atoms with Crippen LogP contribution in [0.3, 0.4) is 0 Å². The highest BCUT2D eigenvalue weighted by Gasteiger charge is 2.35. The maximum Gasteiger partial charge on any atom is 0.243 e. The third kappa shape index (κ3) is 4.97. The second-order valence-electron chi connectivity index (χ2n) is 7.56. The van der Waals surface area contributed by atoms with E-state index in [1.54, 1.807) is 35.7 Å². The van der Waals surface area contributed by atoms with Crippen molar-refractivity contribution in [2.45, 2.75) is 56.5 Å². The molecular formula is C22H28N2O4S. The zero-order valence-corrected chi connectivity index (χ0v) is 17.9. The van der Waals surface area contributed by atoms with E-state index in [2.05, 4.69) is 5.32 Å². The molecule has 0 bridgehead atoms. The maximum absolute atomic E-state index is 13.1. The van der Waals surface area contributed by atoms with Crippen LogP contribution in [0.1, 0.15) is 38.7 Å². The zero-order chi connectivity index (χ0) is 21.0. The molecule has 2 unspecified atom stereocenters. The first-order valence-electron chi connectivity index (χ1n) is 9.87. The lowest BCUT2D eigenvalue weighted by Gasteiger charge is -2.37. The molecule has 2 aromatic carbocycles. The molecule has 6 nitrogen and oxygen atoms in total. The van der Waals surface area contributed by atoms with Gasteiger partial charge in [-0.2, -0.15) is 4.31 Å². The Bertz CT molecular complexity index is 947.